The number of carbonyl (C=O) groups is 1. The number of anilines is 1. The van der Waals surface area contributed by atoms with Gasteiger partial charge in [-0.25, -0.2) is 4.98 Å². The van der Waals surface area contributed by atoms with Crippen LogP contribution in [-0.2, 0) is 18.3 Å². The monoisotopic (exact) mass is 343 g/mol. The maximum absolute atomic E-state index is 12.1. The van der Waals surface area contributed by atoms with Gasteiger partial charge in [-0.3, -0.25) is 4.79 Å². The molecule has 21 heavy (non-hydrogen) atoms. The Labute approximate surface area is 130 Å². The average molecular weight is 344 g/mol. The van der Waals surface area contributed by atoms with Gasteiger partial charge in [0.2, 0.25) is 5.91 Å². The normalized spacial score (nSPS) is 10.8. The van der Waals surface area contributed by atoms with Gasteiger partial charge in [0.1, 0.15) is 0 Å². The lowest BCUT2D eigenvalue weighted by molar-refractivity contribution is -0.115. The summed E-state index contributed by atoms with van der Waals surface area (Å²) in [5, 5.41) is 2.89. The lowest BCUT2D eigenvalue weighted by atomic mass is 10.1. The number of imidazole rings is 1. The number of nitrogens with zero attached hydrogens (tertiary/aromatic N) is 2. The van der Waals surface area contributed by atoms with Gasteiger partial charge >= 0.3 is 0 Å². The molecule has 0 aliphatic rings. The van der Waals surface area contributed by atoms with E-state index in [4.69, 9.17) is 0 Å². The number of nitrogens with one attached hydrogen (secondary N) is 1. The Morgan fingerprint density at radius 3 is 2.95 bits per heavy atom. The first kappa shape index (κ1) is 13.8. The average Bonchev–Trinajstić information content (AvgIpc) is 2.80. The Kier molecular flexibility index (Phi) is 3.75. The molecule has 0 fully saturated rings. The third kappa shape index (κ3) is 3.13. The maximum atomic E-state index is 12.1. The summed E-state index contributed by atoms with van der Waals surface area (Å²) in [6.07, 6.45) is 2.11. The van der Waals surface area contributed by atoms with Gasteiger partial charge in [0.15, 0.2) is 0 Å². The number of aromatic nitrogens is 2. The Balaban J connectivity index is 1.73. The molecule has 0 radical (unpaired) electrons. The largest absolute Gasteiger partial charge is 0.334 e. The second kappa shape index (κ2) is 5.69. The Bertz CT molecular complexity index is 810. The van der Waals surface area contributed by atoms with Crippen LogP contribution in [0, 0.1) is 0 Å². The Hall–Kier alpha value is -2.14. The smallest absolute Gasteiger partial charge is 0.228 e. The van der Waals surface area contributed by atoms with Crippen LogP contribution in [0.3, 0.4) is 0 Å². The van der Waals surface area contributed by atoms with Gasteiger partial charge < -0.3 is 9.88 Å². The van der Waals surface area contributed by atoms with Crippen molar-refractivity contribution in [2.45, 2.75) is 6.42 Å². The summed E-state index contributed by atoms with van der Waals surface area (Å²) in [6.45, 7) is 0. The third-order valence-electron chi connectivity index (χ3n) is 3.26. The molecule has 0 aliphatic carbocycles. The van der Waals surface area contributed by atoms with Crippen molar-refractivity contribution in [1.29, 1.82) is 0 Å². The first-order valence-corrected chi connectivity index (χ1v) is 7.36. The number of fused-ring (bicyclic) bond motifs is 1. The zero-order valence-corrected chi connectivity index (χ0v) is 13.1. The molecule has 1 aromatic heterocycles. The fourth-order valence-corrected chi connectivity index (χ4v) is 2.65. The molecule has 0 saturated heterocycles. The standard InChI is InChI=1S/C16H14BrN3O/c1-20-10-18-14-7-11(5-6-15(14)20)8-16(21)19-13-4-2-3-12(17)9-13/h2-7,9-10H,8H2,1H3,(H,19,21). The molecule has 0 unspecified atom stereocenters. The molecule has 0 spiro atoms. The zero-order chi connectivity index (χ0) is 14.8. The van der Waals surface area contributed by atoms with E-state index in [2.05, 4.69) is 26.2 Å². The fraction of sp³-hybridized carbons (Fsp3) is 0.125. The molecule has 1 heterocycles. The van der Waals surface area contributed by atoms with Crippen molar-refractivity contribution in [2.75, 3.05) is 5.32 Å². The van der Waals surface area contributed by atoms with Gasteiger partial charge in [-0.2, -0.15) is 0 Å². The molecule has 3 rings (SSSR count). The van der Waals surface area contributed by atoms with Crippen LogP contribution in [0.4, 0.5) is 5.69 Å². The molecule has 1 amide bonds. The molecule has 2 aromatic carbocycles. The molecule has 0 atom stereocenters. The number of carbonyl (C=O) groups excluding carboxylic acids is 1. The first-order valence-electron chi connectivity index (χ1n) is 6.57. The summed E-state index contributed by atoms with van der Waals surface area (Å²) >= 11 is 3.39. The molecule has 0 bridgehead atoms. The molecule has 4 nitrogen and oxygen atoms in total. The number of hydrogen-bond acceptors (Lipinski definition) is 2. The molecule has 0 aliphatic heterocycles. The molecule has 3 aromatic rings. The highest BCUT2D eigenvalue weighted by Crippen LogP contribution is 2.17. The molecular formula is C16H14BrN3O. The predicted molar refractivity (Wildman–Crippen MR) is 87.2 cm³/mol. The van der Waals surface area contributed by atoms with Crippen molar-refractivity contribution in [3.05, 3.63) is 58.8 Å². The highest BCUT2D eigenvalue weighted by molar-refractivity contribution is 9.10. The van der Waals surface area contributed by atoms with Crippen molar-refractivity contribution in [3.63, 3.8) is 0 Å². The van der Waals surface area contributed by atoms with Gasteiger partial charge in [0, 0.05) is 17.2 Å². The summed E-state index contributed by atoms with van der Waals surface area (Å²) < 4.78 is 2.90. The number of aryl methyl sites for hydroxylation is 1. The van der Waals surface area contributed by atoms with Crippen molar-refractivity contribution >= 4 is 38.6 Å². The van der Waals surface area contributed by atoms with Crippen LogP contribution in [0.25, 0.3) is 11.0 Å². The molecular weight excluding hydrogens is 330 g/mol. The van der Waals surface area contributed by atoms with E-state index in [0.29, 0.717) is 6.42 Å². The highest BCUT2D eigenvalue weighted by Gasteiger charge is 2.07. The van der Waals surface area contributed by atoms with Crippen LogP contribution in [0.15, 0.2) is 53.3 Å². The van der Waals surface area contributed by atoms with Gasteiger partial charge in [0.25, 0.3) is 0 Å². The van der Waals surface area contributed by atoms with E-state index in [9.17, 15) is 4.79 Å². The van der Waals surface area contributed by atoms with E-state index < -0.39 is 0 Å². The minimum Gasteiger partial charge on any atom is -0.334 e. The number of rotatable bonds is 3. The van der Waals surface area contributed by atoms with Crippen molar-refractivity contribution < 1.29 is 4.79 Å². The SMILES string of the molecule is Cn1cnc2cc(CC(=O)Nc3cccc(Br)c3)ccc21. The van der Waals surface area contributed by atoms with Crippen LogP contribution in [0.5, 0.6) is 0 Å². The van der Waals surface area contributed by atoms with Gasteiger partial charge in [0.05, 0.1) is 23.8 Å². The molecule has 0 saturated carbocycles. The van der Waals surface area contributed by atoms with Crippen LogP contribution < -0.4 is 5.32 Å². The predicted octanol–water partition coefficient (Wildman–Crippen LogP) is 3.52. The van der Waals surface area contributed by atoms with Crippen LogP contribution in [0.1, 0.15) is 5.56 Å². The minimum absolute atomic E-state index is 0.0385. The van der Waals surface area contributed by atoms with Crippen LogP contribution in [-0.4, -0.2) is 15.5 Å². The van der Waals surface area contributed by atoms with Gasteiger partial charge in [-0.1, -0.05) is 28.1 Å². The van der Waals surface area contributed by atoms with Crippen molar-refractivity contribution in [2.24, 2.45) is 7.05 Å². The zero-order valence-electron chi connectivity index (χ0n) is 11.5. The lowest BCUT2D eigenvalue weighted by Gasteiger charge is -2.06. The number of hydrogen-bond donors (Lipinski definition) is 1. The van der Waals surface area contributed by atoms with Crippen LogP contribution >= 0.6 is 15.9 Å². The highest BCUT2D eigenvalue weighted by atomic mass is 79.9. The summed E-state index contributed by atoms with van der Waals surface area (Å²) in [5.74, 6) is -0.0385. The number of halogens is 1. The van der Waals surface area contributed by atoms with Crippen molar-refractivity contribution in [1.82, 2.24) is 9.55 Å². The number of benzene rings is 2. The van der Waals surface area contributed by atoms with Gasteiger partial charge in [-0.15, -0.1) is 0 Å². The topological polar surface area (TPSA) is 46.9 Å². The lowest BCUT2D eigenvalue weighted by Crippen LogP contribution is -2.14. The van der Waals surface area contributed by atoms with E-state index in [0.717, 1.165) is 26.8 Å². The van der Waals surface area contributed by atoms with Crippen molar-refractivity contribution in [3.8, 4) is 0 Å². The van der Waals surface area contributed by atoms with E-state index in [-0.39, 0.29) is 5.91 Å². The quantitative estimate of drug-likeness (QED) is 0.790. The van der Waals surface area contributed by atoms with E-state index in [1.165, 1.54) is 0 Å². The summed E-state index contributed by atoms with van der Waals surface area (Å²) in [6, 6.07) is 13.5. The Morgan fingerprint density at radius 2 is 2.14 bits per heavy atom. The Morgan fingerprint density at radius 1 is 1.29 bits per heavy atom. The van der Waals surface area contributed by atoms with Crippen LogP contribution in [0.2, 0.25) is 0 Å². The maximum Gasteiger partial charge on any atom is 0.228 e. The molecule has 106 valence electrons. The van der Waals surface area contributed by atoms with E-state index >= 15 is 0 Å². The second-order valence-electron chi connectivity index (χ2n) is 4.91. The summed E-state index contributed by atoms with van der Waals surface area (Å²) in [7, 11) is 1.95. The molecule has 1 N–H and O–H groups in total. The number of amides is 1. The van der Waals surface area contributed by atoms with Gasteiger partial charge in [-0.05, 0) is 35.9 Å². The second-order valence-corrected chi connectivity index (χ2v) is 5.83. The molecule has 5 heteroatoms. The van der Waals surface area contributed by atoms with E-state index in [1.54, 1.807) is 6.33 Å². The van der Waals surface area contributed by atoms with E-state index in [1.807, 2.05) is 54.1 Å². The first-order chi connectivity index (χ1) is 10.1. The fourth-order valence-electron chi connectivity index (χ4n) is 2.25. The third-order valence-corrected chi connectivity index (χ3v) is 3.76. The summed E-state index contributed by atoms with van der Waals surface area (Å²) in [5.41, 5.74) is 3.71. The minimum atomic E-state index is -0.0385. The summed E-state index contributed by atoms with van der Waals surface area (Å²) in [4.78, 5) is 16.4.